The van der Waals surface area contributed by atoms with E-state index in [1.54, 1.807) is 0 Å². The molecule has 9 nitrogen and oxygen atoms in total. The Labute approximate surface area is 179 Å². The van der Waals surface area contributed by atoms with Crippen LogP contribution in [0.1, 0.15) is 55.1 Å². The number of halogens is 1. The van der Waals surface area contributed by atoms with Crippen molar-refractivity contribution in [3.63, 3.8) is 0 Å². The van der Waals surface area contributed by atoms with Crippen LogP contribution in [0.25, 0.3) is 0 Å². The number of urea groups is 1. The molecule has 1 saturated carbocycles. The van der Waals surface area contributed by atoms with Crippen LogP contribution in [-0.4, -0.2) is 36.2 Å². The lowest BCUT2D eigenvalue weighted by atomic mass is 10.0. The van der Waals surface area contributed by atoms with Crippen molar-refractivity contribution < 1.29 is 18.5 Å². The van der Waals surface area contributed by atoms with E-state index in [9.17, 15) is 18.5 Å². The van der Waals surface area contributed by atoms with Crippen LogP contribution in [0.4, 0.5) is 14.9 Å². The number of nitrogens with zero attached hydrogens (tertiary/aromatic N) is 4. The number of carbonyl (C=O) groups is 1. The van der Waals surface area contributed by atoms with Crippen LogP contribution >= 0.6 is 0 Å². The number of amides is 2. The first-order valence-corrected chi connectivity index (χ1v) is 12.1. The number of anilines is 1. The smallest absolute Gasteiger partial charge is 0.354 e. The van der Waals surface area contributed by atoms with E-state index in [1.165, 1.54) is 6.92 Å². The van der Waals surface area contributed by atoms with Gasteiger partial charge in [0, 0.05) is 11.1 Å². The monoisotopic (exact) mass is 448 g/mol. The van der Waals surface area contributed by atoms with Gasteiger partial charge < -0.3 is 10.4 Å². The normalized spacial score (nSPS) is 20.8. The number of hydrogen-bond acceptors (Lipinski definition) is 5. The predicted molar refractivity (Wildman–Crippen MR) is 111 cm³/mol. The molecule has 2 atom stereocenters. The molecule has 4 N–H and O–H groups in total. The third-order valence-electron chi connectivity index (χ3n) is 6.40. The molecule has 0 saturated heterocycles. The highest BCUT2D eigenvalue weighted by molar-refractivity contribution is 7.91. The highest BCUT2D eigenvalue weighted by Crippen LogP contribution is 2.58. The van der Waals surface area contributed by atoms with Gasteiger partial charge in [-0.1, -0.05) is 0 Å². The maximum absolute atomic E-state index is 14.3. The Morgan fingerprint density at radius 2 is 2.16 bits per heavy atom. The zero-order valence-electron chi connectivity index (χ0n) is 17.2. The van der Waals surface area contributed by atoms with Crippen LogP contribution in [0.3, 0.4) is 0 Å². The standard InChI is InChI=1S/C20H25FN6O3S/c1-11(28)9-27-10-14(21)18(25-27)31(22,30)26-19(29)24-16-12-3-2-4-15(12)23-17-13(16)5-6-20(17)7-8-20/h10-11,28H,2-9H2,1H3,(H3,22,23,24,26,29,30)/t11-,31-/m1/s1. The molecule has 2 amide bonds. The van der Waals surface area contributed by atoms with Gasteiger partial charge in [0.1, 0.15) is 0 Å². The number of aliphatic hydroxyl groups is 1. The molecular formula is C20H25FN6O3S. The highest BCUT2D eigenvalue weighted by Gasteiger charge is 2.51. The first kappa shape index (κ1) is 20.5. The van der Waals surface area contributed by atoms with E-state index in [4.69, 9.17) is 10.1 Å². The van der Waals surface area contributed by atoms with Crippen LogP contribution in [0, 0.1) is 5.82 Å². The summed E-state index contributed by atoms with van der Waals surface area (Å²) in [5.41, 5.74) is 5.02. The van der Waals surface area contributed by atoms with Crippen molar-refractivity contribution in [3.8, 4) is 0 Å². The van der Waals surface area contributed by atoms with Crippen LogP contribution in [0.2, 0.25) is 0 Å². The van der Waals surface area contributed by atoms with Gasteiger partial charge in [-0.05, 0) is 63.0 Å². The summed E-state index contributed by atoms with van der Waals surface area (Å²) in [6, 6.07) is -0.892. The van der Waals surface area contributed by atoms with Crippen LogP contribution < -0.4 is 10.5 Å². The van der Waals surface area contributed by atoms with Crippen molar-refractivity contribution in [3.05, 3.63) is 34.5 Å². The maximum atomic E-state index is 14.3. The first-order chi connectivity index (χ1) is 14.7. The molecule has 2 aromatic heterocycles. The first-order valence-electron chi connectivity index (χ1n) is 10.5. The minimum Gasteiger partial charge on any atom is -0.391 e. The molecular weight excluding hydrogens is 423 g/mol. The Morgan fingerprint density at radius 1 is 1.39 bits per heavy atom. The van der Waals surface area contributed by atoms with Gasteiger partial charge in [-0.3, -0.25) is 9.67 Å². The number of nitrogens with one attached hydrogen (secondary N) is 1. The number of aromatic nitrogens is 3. The van der Waals surface area contributed by atoms with Gasteiger partial charge in [0.25, 0.3) is 0 Å². The Kier molecular flexibility index (Phi) is 4.68. The molecule has 11 heteroatoms. The quantitative estimate of drug-likeness (QED) is 0.659. The third-order valence-corrected chi connectivity index (χ3v) is 7.67. The number of hydrogen-bond donors (Lipinski definition) is 3. The predicted octanol–water partition coefficient (Wildman–Crippen LogP) is 2.20. The maximum Gasteiger partial charge on any atom is 0.354 e. The molecule has 2 aromatic rings. The van der Waals surface area contributed by atoms with Crippen molar-refractivity contribution in [2.24, 2.45) is 9.50 Å². The van der Waals surface area contributed by atoms with Crippen LogP contribution in [0.15, 0.2) is 15.6 Å². The molecule has 3 aliphatic carbocycles. The van der Waals surface area contributed by atoms with Crippen molar-refractivity contribution in [2.45, 2.75) is 75.0 Å². The third kappa shape index (κ3) is 3.54. The average molecular weight is 449 g/mol. The van der Waals surface area contributed by atoms with E-state index in [0.29, 0.717) is 5.69 Å². The molecule has 1 fully saturated rings. The molecule has 0 unspecified atom stereocenters. The summed E-state index contributed by atoms with van der Waals surface area (Å²) in [6.45, 7) is 1.50. The number of nitrogens with two attached hydrogens (primary N) is 1. The lowest BCUT2D eigenvalue weighted by molar-refractivity contribution is 0.168. The fraction of sp³-hybridized carbons (Fsp3) is 0.550. The van der Waals surface area contributed by atoms with E-state index in [-0.39, 0.29) is 12.0 Å². The minimum absolute atomic E-state index is 0.00429. The summed E-state index contributed by atoms with van der Waals surface area (Å²) in [6.07, 6.45) is 6.94. The zero-order chi connectivity index (χ0) is 22.0. The van der Waals surface area contributed by atoms with Gasteiger partial charge in [0.05, 0.1) is 30.2 Å². The van der Waals surface area contributed by atoms with Gasteiger partial charge in [0.15, 0.2) is 15.7 Å². The number of aryl methyl sites for hydroxylation is 1. The van der Waals surface area contributed by atoms with Crippen molar-refractivity contribution in [1.29, 1.82) is 0 Å². The Hall–Kier alpha value is -2.37. The lowest BCUT2D eigenvalue weighted by Crippen LogP contribution is -2.21. The van der Waals surface area contributed by atoms with Crippen molar-refractivity contribution in [2.75, 3.05) is 5.32 Å². The Balaban J connectivity index is 1.47. The number of pyridine rings is 1. The van der Waals surface area contributed by atoms with Gasteiger partial charge in [-0.15, -0.1) is 4.36 Å². The number of rotatable bonds is 4. The van der Waals surface area contributed by atoms with E-state index in [1.807, 2.05) is 0 Å². The fourth-order valence-corrected chi connectivity index (χ4v) is 5.75. The fourth-order valence-electron chi connectivity index (χ4n) is 4.81. The summed E-state index contributed by atoms with van der Waals surface area (Å²) < 4.78 is 31.8. The number of aliphatic hydroxyl groups excluding tert-OH is 1. The van der Waals surface area contributed by atoms with E-state index in [0.717, 1.165) is 78.3 Å². The molecule has 0 aromatic carbocycles. The minimum atomic E-state index is -3.91. The molecule has 0 aliphatic heterocycles. The summed E-state index contributed by atoms with van der Waals surface area (Å²) >= 11 is 0. The average Bonchev–Trinajstić information content (AvgIpc) is 2.97. The number of carbonyl (C=O) groups excluding carboxylic acids is 1. The second kappa shape index (κ2) is 7.07. The second-order valence-electron chi connectivity index (χ2n) is 8.82. The largest absolute Gasteiger partial charge is 0.391 e. The van der Waals surface area contributed by atoms with Gasteiger partial charge in [-0.2, -0.15) is 5.10 Å². The summed E-state index contributed by atoms with van der Waals surface area (Å²) in [5.74, 6) is -0.939. The van der Waals surface area contributed by atoms with Crippen molar-refractivity contribution >= 4 is 21.6 Å². The molecule has 2 heterocycles. The molecule has 166 valence electrons. The molecule has 0 radical (unpaired) electrons. The Bertz CT molecular complexity index is 1210. The molecule has 31 heavy (non-hydrogen) atoms. The lowest BCUT2D eigenvalue weighted by Gasteiger charge is -2.16. The van der Waals surface area contributed by atoms with Gasteiger partial charge in [0.2, 0.25) is 5.03 Å². The second-order valence-corrected chi connectivity index (χ2v) is 10.5. The van der Waals surface area contributed by atoms with E-state index >= 15 is 0 Å². The number of fused-ring (bicyclic) bond motifs is 3. The van der Waals surface area contributed by atoms with Gasteiger partial charge >= 0.3 is 6.03 Å². The van der Waals surface area contributed by atoms with Crippen LogP contribution in [0.5, 0.6) is 0 Å². The molecule has 0 bridgehead atoms. The van der Waals surface area contributed by atoms with Gasteiger partial charge in [-0.25, -0.2) is 18.5 Å². The molecule has 5 rings (SSSR count). The Morgan fingerprint density at radius 3 is 2.87 bits per heavy atom. The summed E-state index contributed by atoms with van der Waals surface area (Å²) in [4.78, 5) is 17.7. The van der Waals surface area contributed by atoms with E-state index in [2.05, 4.69) is 14.8 Å². The van der Waals surface area contributed by atoms with Crippen LogP contribution in [-0.2, 0) is 41.1 Å². The topological polar surface area (TPSA) is 135 Å². The molecule has 3 aliphatic rings. The zero-order valence-corrected chi connectivity index (χ0v) is 18.0. The van der Waals surface area contributed by atoms with Crippen molar-refractivity contribution in [1.82, 2.24) is 14.8 Å². The molecule has 1 spiro atoms. The summed E-state index contributed by atoms with van der Waals surface area (Å²) in [5, 5.41) is 21.2. The SMILES string of the molecule is C[C@@H](O)Cn1cc(F)c([S@](N)(=O)=NC(=O)Nc2c3c(nc4c2CCC42CC2)CCC3)n1. The summed E-state index contributed by atoms with van der Waals surface area (Å²) in [7, 11) is -3.91. The van der Waals surface area contributed by atoms with E-state index < -0.39 is 32.9 Å². The highest BCUT2D eigenvalue weighted by atomic mass is 32.2.